The lowest BCUT2D eigenvalue weighted by Crippen LogP contribution is -2.51. The lowest BCUT2D eigenvalue weighted by molar-refractivity contribution is 0.0523. The predicted molar refractivity (Wildman–Crippen MR) is 171 cm³/mol. The first-order valence-corrected chi connectivity index (χ1v) is 17.1. The Kier molecular flexibility index (Phi) is 9.99. The van der Waals surface area contributed by atoms with Crippen molar-refractivity contribution in [3.63, 3.8) is 0 Å². The molecule has 1 N–H and O–H groups in total. The highest BCUT2D eigenvalue weighted by Gasteiger charge is 2.41. The van der Waals surface area contributed by atoms with Crippen molar-refractivity contribution in [2.24, 2.45) is 5.41 Å². The smallest absolute Gasteiger partial charge is 0.430 e. The molecule has 3 aromatic rings. The summed E-state index contributed by atoms with van der Waals surface area (Å²) in [5.41, 5.74) is 0.592. The van der Waals surface area contributed by atoms with E-state index < -0.39 is 38.5 Å². The normalized spacial score (nSPS) is 17.6. The minimum atomic E-state index is -4.88. The molecule has 1 fully saturated rings. The molecule has 45 heavy (non-hydrogen) atoms. The third-order valence-electron chi connectivity index (χ3n) is 7.17. The fourth-order valence-electron chi connectivity index (χ4n) is 5.16. The van der Waals surface area contributed by atoms with Crippen LogP contribution in [0.15, 0.2) is 46.1 Å². The van der Waals surface area contributed by atoms with Crippen LogP contribution in [0.5, 0.6) is 11.5 Å². The van der Waals surface area contributed by atoms with E-state index in [1.54, 1.807) is 39.0 Å². The van der Waals surface area contributed by atoms with Gasteiger partial charge >= 0.3 is 12.2 Å². The van der Waals surface area contributed by atoms with Crippen molar-refractivity contribution < 1.29 is 37.0 Å². The zero-order valence-electron chi connectivity index (χ0n) is 25.5. The average Bonchev–Trinajstić information content (AvgIpc) is 3.43. The van der Waals surface area contributed by atoms with Crippen LogP contribution in [0.25, 0.3) is 0 Å². The number of anilines is 1. The number of carboxylic acid groups (broad SMARTS) is 1. The first-order chi connectivity index (χ1) is 20.8. The van der Waals surface area contributed by atoms with Crippen molar-refractivity contribution in [2.45, 2.75) is 76.8 Å². The number of carbonyl (C=O) groups is 2. The zero-order valence-corrected chi connectivity index (χ0v) is 28.7. The molecule has 0 spiro atoms. The Labute approximate surface area is 275 Å². The van der Waals surface area contributed by atoms with Crippen LogP contribution < -0.4 is 9.04 Å². The van der Waals surface area contributed by atoms with Gasteiger partial charge in [-0.05, 0) is 74.8 Å². The number of hydrogen-bond acceptors (Lipinski definition) is 8. The summed E-state index contributed by atoms with van der Waals surface area (Å²) >= 11 is 13.9. The number of benzene rings is 2. The molecule has 10 nitrogen and oxygen atoms in total. The molecule has 0 aliphatic carbocycles. The number of nitrogens with zero attached hydrogens (tertiary/aromatic N) is 3. The molecule has 2 aromatic carbocycles. The molecule has 0 radical (unpaired) electrons. The number of halogens is 3. The van der Waals surface area contributed by atoms with E-state index in [0.29, 0.717) is 35.7 Å². The highest BCUT2D eigenvalue weighted by atomic mass is 35.5. The molecule has 0 saturated carbocycles. The van der Waals surface area contributed by atoms with Gasteiger partial charge in [-0.1, -0.05) is 44.0 Å². The van der Waals surface area contributed by atoms with E-state index in [4.69, 9.17) is 32.7 Å². The fourth-order valence-corrected chi connectivity index (χ4v) is 7.54. The number of aromatic nitrogens is 1. The molecular weight excluding hydrogens is 668 g/mol. The summed E-state index contributed by atoms with van der Waals surface area (Å²) in [7, 11) is -4.88. The maximum atomic E-state index is 15.7. The van der Waals surface area contributed by atoms with Gasteiger partial charge in [-0.3, -0.25) is 0 Å². The summed E-state index contributed by atoms with van der Waals surface area (Å²) in [4.78, 5) is 29.4. The van der Waals surface area contributed by atoms with Gasteiger partial charge in [0.15, 0.2) is 5.82 Å². The second kappa shape index (κ2) is 12.9. The van der Waals surface area contributed by atoms with Crippen LogP contribution >= 0.6 is 34.5 Å². The maximum Gasteiger partial charge on any atom is 0.430 e. The zero-order chi connectivity index (χ0) is 33.5. The molecule has 1 aliphatic heterocycles. The van der Waals surface area contributed by atoms with Crippen LogP contribution in [0, 0.1) is 11.2 Å². The van der Waals surface area contributed by atoms with Crippen LogP contribution in [0.1, 0.15) is 65.9 Å². The van der Waals surface area contributed by atoms with E-state index in [1.165, 1.54) is 15.8 Å². The predicted octanol–water partition coefficient (Wildman–Crippen LogP) is 8.78. The lowest BCUT2D eigenvalue weighted by atomic mass is 9.75. The van der Waals surface area contributed by atoms with Crippen molar-refractivity contribution in [1.29, 1.82) is 0 Å². The molecular formula is C30H34Cl2FN3O7S2. The number of rotatable bonds is 6. The quantitative estimate of drug-likeness (QED) is 0.270. The largest absolute Gasteiger partial charge is 0.465 e. The number of hydrogen-bond donors (Lipinski definition) is 1. The Morgan fingerprint density at radius 1 is 1.11 bits per heavy atom. The molecule has 1 saturated heterocycles. The van der Waals surface area contributed by atoms with Gasteiger partial charge in [0.1, 0.15) is 27.8 Å². The minimum absolute atomic E-state index is 0.151. The van der Waals surface area contributed by atoms with Gasteiger partial charge in [-0.15, -0.1) is 15.6 Å². The van der Waals surface area contributed by atoms with Gasteiger partial charge in [0.05, 0.1) is 10.5 Å². The van der Waals surface area contributed by atoms with E-state index in [9.17, 15) is 23.1 Å². The second-order valence-electron chi connectivity index (χ2n) is 12.7. The van der Waals surface area contributed by atoms with Crippen LogP contribution in [0.2, 0.25) is 10.0 Å². The van der Waals surface area contributed by atoms with Crippen LogP contribution in [-0.4, -0.2) is 53.8 Å². The Bertz CT molecular complexity index is 1690. The van der Waals surface area contributed by atoms with Crippen LogP contribution in [0.4, 0.5) is 19.8 Å². The number of amides is 2. The summed E-state index contributed by atoms with van der Waals surface area (Å²) < 4.78 is 54.6. The third kappa shape index (κ3) is 7.82. The number of piperidine rings is 1. The minimum Gasteiger partial charge on any atom is -0.465 e. The summed E-state index contributed by atoms with van der Waals surface area (Å²) in [6.45, 7) is 10.9. The Hall–Kier alpha value is -3.13. The average molecular weight is 703 g/mol. The SMILES string of the molecule is CC(C)(C)OC(=O)N(c1cscn1)S(=O)(=O)c1cc(Cl)c(Oc2ccc(Cl)cc2C2CCN(C(=O)O)C(C(C)(C)C)C2)cc1F. The molecule has 0 bridgehead atoms. The van der Waals surface area contributed by atoms with E-state index in [2.05, 4.69) is 4.98 Å². The highest BCUT2D eigenvalue weighted by Crippen LogP contribution is 2.44. The van der Waals surface area contributed by atoms with E-state index >= 15 is 4.39 Å². The fraction of sp³-hybridized carbons (Fsp3) is 0.433. The summed E-state index contributed by atoms with van der Waals surface area (Å²) in [5, 5.41) is 11.3. The first kappa shape index (κ1) is 34.7. The Balaban J connectivity index is 1.70. The van der Waals surface area contributed by atoms with Crippen molar-refractivity contribution >= 4 is 62.6 Å². The summed E-state index contributed by atoms with van der Waals surface area (Å²) in [6, 6.07) is 6.29. The number of likely N-dealkylation sites (tertiary alicyclic amines) is 1. The lowest BCUT2D eigenvalue weighted by Gasteiger charge is -2.45. The molecule has 244 valence electrons. The monoisotopic (exact) mass is 701 g/mol. The molecule has 2 atom stereocenters. The molecule has 15 heteroatoms. The summed E-state index contributed by atoms with van der Waals surface area (Å²) in [5.74, 6) is -1.52. The van der Waals surface area contributed by atoms with Crippen molar-refractivity contribution in [3.8, 4) is 11.5 Å². The molecule has 2 unspecified atom stereocenters. The second-order valence-corrected chi connectivity index (χ2v) is 16.0. The van der Waals surface area contributed by atoms with E-state index in [-0.39, 0.29) is 38.3 Å². The molecule has 1 aromatic heterocycles. The molecule has 2 amide bonds. The summed E-state index contributed by atoms with van der Waals surface area (Å²) in [6.07, 6.45) is -1.28. The third-order valence-corrected chi connectivity index (χ3v) is 9.96. The standard InChI is InChI=1S/C30H34Cl2FN3O7S2/c1-29(2,3)25-11-17(9-10-35(25)27(37)38)19-12-18(31)7-8-22(19)42-23-14-21(33)24(13-20(23)32)45(40,41)36(26-15-44-16-34-26)28(39)43-30(4,5)6/h7-8,12-17,25H,9-11H2,1-6H3,(H,37,38). The Morgan fingerprint density at radius 2 is 1.80 bits per heavy atom. The van der Waals surface area contributed by atoms with Gasteiger partial charge in [-0.2, -0.15) is 0 Å². The van der Waals surface area contributed by atoms with Gasteiger partial charge < -0.3 is 19.5 Å². The maximum absolute atomic E-state index is 15.7. The first-order valence-electron chi connectivity index (χ1n) is 13.9. The van der Waals surface area contributed by atoms with E-state index in [0.717, 1.165) is 23.5 Å². The van der Waals surface area contributed by atoms with Crippen molar-refractivity contribution in [2.75, 3.05) is 10.8 Å². The van der Waals surface area contributed by atoms with Crippen LogP contribution in [0.3, 0.4) is 0 Å². The number of sulfonamides is 1. The van der Waals surface area contributed by atoms with Gasteiger partial charge in [0.2, 0.25) is 0 Å². The molecule has 2 heterocycles. The number of thiazole rings is 1. The van der Waals surface area contributed by atoms with E-state index in [1.807, 2.05) is 20.8 Å². The van der Waals surface area contributed by atoms with Gasteiger partial charge in [0.25, 0.3) is 10.0 Å². The number of carbonyl (C=O) groups excluding carboxylic acids is 1. The van der Waals surface area contributed by atoms with Gasteiger partial charge in [-0.25, -0.2) is 27.4 Å². The molecule has 4 rings (SSSR count). The van der Waals surface area contributed by atoms with Crippen molar-refractivity contribution in [1.82, 2.24) is 9.88 Å². The van der Waals surface area contributed by atoms with Crippen molar-refractivity contribution in [3.05, 3.63) is 62.6 Å². The van der Waals surface area contributed by atoms with Gasteiger partial charge in [0, 0.05) is 29.1 Å². The highest BCUT2D eigenvalue weighted by molar-refractivity contribution is 7.93. The molecule has 1 aliphatic rings. The van der Waals surface area contributed by atoms with Crippen LogP contribution in [-0.2, 0) is 14.8 Å². The topological polar surface area (TPSA) is 126 Å². The Morgan fingerprint density at radius 3 is 2.38 bits per heavy atom. The number of ether oxygens (including phenoxy) is 2.